The Bertz CT molecular complexity index is 641. The largest absolute Gasteiger partial charge is 0.236 e. The van der Waals surface area contributed by atoms with Gasteiger partial charge in [0.2, 0.25) is 0 Å². The van der Waals surface area contributed by atoms with Gasteiger partial charge in [-0.15, -0.1) is 11.3 Å². The van der Waals surface area contributed by atoms with Crippen LogP contribution in [0.4, 0.5) is 0 Å². The van der Waals surface area contributed by atoms with E-state index in [-0.39, 0.29) is 0 Å². The number of rotatable bonds is 3. The lowest BCUT2D eigenvalue weighted by atomic mass is 10.2. The third-order valence-electron chi connectivity index (χ3n) is 2.62. The first kappa shape index (κ1) is 14.3. The summed E-state index contributed by atoms with van der Waals surface area (Å²) in [6.07, 6.45) is 6.12. The summed E-state index contributed by atoms with van der Waals surface area (Å²) in [6, 6.07) is 5.56. The zero-order valence-corrected chi connectivity index (χ0v) is 13.0. The van der Waals surface area contributed by atoms with E-state index in [1.165, 1.54) is 0 Å². The van der Waals surface area contributed by atoms with Crippen LogP contribution < -0.4 is 0 Å². The summed E-state index contributed by atoms with van der Waals surface area (Å²) in [4.78, 5) is 4.64. The molecule has 0 spiro atoms. The van der Waals surface area contributed by atoms with Crippen molar-refractivity contribution in [3.8, 4) is 11.3 Å². The van der Waals surface area contributed by atoms with Gasteiger partial charge >= 0.3 is 0 Å². The molecular formula is C15H13Cl2NS. The van der Waals surface area contributed by atoms with Crippen molar-refractivity contribution in [1.29, 1.82) is 0 Å². The molecule has 2 aromatic rings. The highest BCUT2D eigenvalue weighted by atomic mass is 35.5. The highest BCUT2D eigenvalue weighted by Gasteiger charge is 2.08. The molecule has 1 aromatic heterocycles. The number of benzene rings is 1. The lowest BCUT2D eigenvalue weighted by molar-refractivity contribution is 1.37. The van der Waals surface area contributed by atoms with E-state index in [1.807, 2.05) is 37.4 Å². The first-order valence-electron chi connectivity index (χ1n) is 5.86. The Hall–Kier alpha value is -1.09. The van der Waals surface area contributed by atoms with Crippen LogP contribution in [0.15, 0.2) is 41.8 Å². The van der Waals surface area contributed by atoms with Crippen molar-refractivity contribution < 1.29 is 0 Å². The van der Waals surface area contributed by atoms with Gasteiger partial charge in [0.1, 0.15) is 5.01 Å². The van der Waals surface area contributed by atoms with Crippen LogP contribution in [0.25, 0.3) is 16.8 Å². The van der Waals surface area contributed by atoms with Crippen molar-refractivity contribution in [2.24, 2.45) is 0 Å². The Morgan fingerprint density at radius 2 is 2.00 bits per heavy atom. The molecule has 0 N–H and O–H groups in total. The molecule has 98 valence electrons. The number of hydrogen-bond donors (Lipinski definition) is 0. The summed E-state index contributed by atoms with van der Waals surface area (Å²) >= 11 is 13.6. The van der Waals surface area contributed by atoms with Crippen molar-refractivity contribution in [3.05, 3.63) is 56.9 Å². The average Bonchev–Trinajstić information content (AvgIpc) is 2.88. The molecule has 1 aromatic carbocycles. The summed E-state index contributed by atoms with van der Waals surface area (Å²) in [5.74, 6) is 0. The van der Waals surface area contributed by atoms with Crippen LogP contribution >= 0.6 is 34.5 Å². The minimum Gasteiger partial charge on any atom is -0.236 e. The van der Waals surface area contributed by atoms with E-state index in [1.54, 1.807) is 17.4 Å². The molecular weight excluding hydrogens is 297 g/mol. The van der Waals surface area contributed by atoms with Crippen molar-refractivity contribution in [1.82, 2.24) is 4.98 Å². The highest BCUT2D eigenvalue weighted by molar-refractivity contribution is 7.11. The number of aromatic nitrogens is 1. The van der Waals surface area contributed by atoms with Crippen molar-refractivity contribution in [2.45, 2.75) is 13.8 Å². The van der Waals surface area contributed by atoms with E-state index in [9.17, 15) is 0 Å². The van der Waals surface area contributed by atoms with Crippen molar-refractivity contribution in [2.75, 3.05) is 0 Å². The van der Waals surface area contributed by atoms with E-state index in [4.69, 9.17) is 23.2 Å². The second-order valence-electron chi connectivity index (χ2n) is 3.91. The van der Waals surface area contributed by atoms with Gasteiger partial charge in [-0.1, -0.05) is 47.5 Å². The molecule has 0 aliphatic carbocycles. The van der Waals surface area contributed by atoms with Gasteiger partial charge in [0, 0.05) is 16.5 Å². The lowest BCUT2D eigenvalue weighted by Crippen LogP contribution is -1.82. The molecule has 0 unspecified atom stereocenters. The second kappa shape index (κ2) is 6.38. The van der Waals surface area contributed by atoms with E-state index < -0.39 is 0 Å². The summed E-state index contributed by atoms with van der Waals surface area (Å²) < 4.78 is 0. The molecule has 0 bridgehead atoms. The molecule has 0 aliphatic heterocycles. The third kappa shape index (κ3) is 3.27. The fraction of sp³-hybridized carbons (Fsp3) is 0.133. The van der Waals surface area contributed by atoms with Gasteiger partial charge < -0.3 is 0 Å². The van der Waals surface area contributed by atoms with Crippen LogP contribution in [-0.4, -0.2) is 4.98 Å². The topological polar surface area (TPSA) is 12.9 Å². The molecule has 2 rings (SSSR count). The maximum absolute atomic E-state index is 6.03. The van der Waals surface area contributed by atoms with Gasteiger partial charge in [-0.25, -0.2) is 4.98 Å². The highest BCUT2D eigenvalue weighted by Crippen LogP contribution is 2.31. The van der Waals surface area contributed by atoms with Crippen LogP contribution in [0.2, 0.25) is 10.0 Å². The average molecular weight is 310 g/mol. The molecule has 1 heterocycles. The molecule has 0 radical (unpaired) electrons. The summed E-state index contributed by atoms with van der Waals surface area (Å²) in [7, 11) is 0. The van der Waals surface area contributed by atoms with Crippen LogP contribution in [0.5, 0.6) is 0 Å². The predicted molar refractivity (Wildman–Crippen MR) is 86.0 cm³/mol. The van der Waals surface area contributed by atoms with Gasteiger partial charge in [-0.3, -0.25) is 0 Å². The van der Waals surface area contributed by atoms with E-state index in [2.05, 4.69) is 17.1 Å². The number of allylic oxidation sites excluding steroid dienone is 4. The fourth-order valence-corrected chi connectivity index (χ4v) is 2.85. The molecule has 0 saturated heterocycles. The molecule has 0 aliphatic rings. The fourth-order valence-electron chi connectivity index (χ4n) is 1.66. The summed E-state index contributed by atoms with van der Waals surface area (Å²) in [5, 5.41) is 4.14. The molecule has 0 atom stereocenters. The molecule has 0 fully saturated rings. The summed E-state index contributed by atoms with van der Waals surface area (Å²) in [6.45, 7) is 4.01. The van der Waals surface area contributed by atoms with Gasteiger partial charge in [0.05, 0.1) is 15.7 Å². The number of nitrogens with zero attached hydrogens (tertiary/aromatic N) is 1. The SMILES string of the molecule is CC=CC(=CC)c1nc(-c2ccc(Cl)c(Cl)c2)cs1. The van der Waals surface area contributed by atoms with E-state index in [0.717, 1.165) is 21.8 Å². The quantitative estimate of drug-likeness (QED) is 0.624. The minimum atomic E-state index is 0.549. The Labute approximate surface area is 127 Å². The first-order valence-corrected chi connectivity index (χ1v) is 7.49. The maximum Gasteiger partial charge on any atom is 0.123 e. The second-order valence-corrected chi connectivity index (χ2v) is 5.58. The smallest absolute Gasteiger partial charge is 0.123 e. The first-order chi connectivity index (χ1) is 9.15. The standard InChI is InChI=1S/C15H13Cl2NS/c1-3-5-10(4-2)15-18-14(9-19-15)11-6-7-12(16)13(17)8-11/h3-9H,1-2H3. The Morgan fingerprint density at radius 3 is 2.63 bits per heavy atom. The van der Waals surface area contributed by atoms with E-state index in [0.29, 0.717) is 10.0 Å². The van der Waals surface area contributed by atoms with Crippen LogP contribution in [0, 0.1) is 0 Å². The lowest BCUT2D eigenvalue weighted by Gasteiger charge is -2.00. The van der Waals surface area contributed by atoms with Gasteiger partial charge in [0.25, 0.3) is 0 Å². The molecule has 0 saturated carbocycles. The zero-order valence-electron chi connectivity index (χ0n) is 10.7. The normalized spacial score (nSPS) is 12.3. The Kier molecular flexibility index (Phi) is 4.81. The monoisotopic (exact) mass is 309 g/mol. The van der Waals surface area contributed by atoms with Gasteiger partial charge in [0.15, 0.2) is 0 Å². The van der Waals surface area contributed by atoms with Gasteiger partial charge in [-0.05, 0) is 26.0 Å². The number of halogens is 2. The van der Waals surface area contributed by atoms with Crippen LogP contribution in [-0.2, 0) is 0 Å². The molecule has 0 amide bonds. The Balaban J connectivity index is 2.38. The zero-order chi connectivity index (χ0) is 13.8. The van der Waals surface area contributed by atoms with Gasteiger partial charge in [-0.2, -0.15) is 0 Å². The van der Waals surface area contributed by atoms with Crippen LogP contribution in [0.1, 0.15) is 18.9 Å². The number of hydrogen-bond acceptors (Lipinski definition) is 2. The van der Waals surface area contributed by atoms with Crippen molar-refractivity contribution >= 4 is 40.1 Å². The van der Waals surface area contributed by atoms with E-state index >= 15 is 0 Å². The minimum absolute atomic E-state index is 0.549. The molecule has 4 heteroatoms. The molecule has 1 nitrogen and oxygen atoms in total. The third-order valence-corrected chi connectivity index (χ3v) is 4.25. The van der Waals surface area contributed by atoms with Crippen LogP contribution in [0.3, 0.4) is 0 Å². The number of thiazole rings is 1. The Morgan fingerprint density at radius 1 is 1.21 bits per heavy atom. The van der Waals surface area contributed by atoms with Crippen molar-refractivity contribution in [3.63, 3.8) is 0 Å². The summed E-state index contributed by atoms with van der Waals surface area (Å²) in [5.41, 5.74) is 3.02. The maximum atomic E-state index is 6.03. The molecule has 19 heavy (non-hydrogen) atoms. The predicted octanol–water partition coefficient (Wildman–Crippen LogP) is 6.10.